The fourth-order valence-electron chi connectivity index (χ4n) is 5.33. The molecule has 0 aliphatic carbocycles. The second kappa shape index (κ2) is 37.0. The van der Waals surface area contributed by atoms with Gasteiger partial charge in [-0.3, -0.25) is 13.8 Å². The summed E-state index contributed by atoms with van der Waals surface area (Å²) < 4.78 is 34.6. The lowest BCUT2D eigenvalue weighted by molar-refractivity contribution is -0.870. The minimum Gasteiger partial charge on any atom is -0.498 e. The van der Waals surface area contributed by atoms with Gasteiger partial charge in [-0.1, -0.05) is 146 Å². The predicted molar refractivity (Wildman–Crippen MR) is 224 cm³/mol. The average molecular weight is 767 g/mol. The summed E-state index contributed by atoms with van der Waals surface area (Å²) in [5.74, 6) is -0.391. The molecule has 2 atom stereocenters. The average Bonchev–Trinajstić information content (AvgIpc) is 3.11. The number of carbonyl (C=O) groups excluding carboxylic acids is 1. The molecule has 8 nitrogen and oxygen atoms in total. The number of nitrogens with zero attached hydrogens (tertiary/aromatic N) is 1. The molecule has 0 aliphatic rings. The Kier molecular flexibility index (Phi) is 35.6. The first-order chi connectivity index (χ1) is 25.6. The molecule has 0 fully saturated rings. The highest BCUT2D eigenvalue weighted by Crippen LogP contribution is 2.43. The van der Waals surface area contributed by atoms with Gasteiger partial charge < -0.3 is 18.9 Å². The summed E-state index contributed by atoms with van der Waals surface area (Å²) in [6, 6.07) is 0. The number of rotatable bonds is 38. The van der Waals surface area contributed by atoms with Crippen molar-refractivity contribution in [3.63, 3.8) is 0 Å². The highest BCUT2D eigenvalue weighted by Gasteiger charge is 2.26. The van der Waals surface area contributed by atoms with Crippen LogP contribution in [0.5, 0.6) is 0 Å². The van der Waals surface area contributed by atoms with Crippen molar-refractivity contribution in [2.24, 2.45) is 0 Å². The molecule has 0 rings (SSSR count). The van der Waals surface area contributed by atoms with Crippen molar-refractivity contribution in [1.29, 1.82) is 0 Å². The van der Waals surface area contributed by atoms with Crippen LogP contribution in [0.3, 0.4) is 0 Å². The van der Waals surface area contributed by atoms with Crippen LogP contribution in [0, 0.1) is 0 Å². The maximum atomic E-state index is 12.6. The third kappa shape index (κ3) is 41.1. The molecule has 9 heteroatoms. The number of likely N-dealkylation sites (N-methyl/N-ethyl adjacent to an activating group) is 1. The molecule has 0 radical (unpaired) electrons. The molecular formula is C44H81NO7P+. The van der Waals surface area contributed by atoms with Crippen molar-refractivity contribution >= 4 is 13.8 Å². The summed E-state index contributed by atoms with van der Waals surface area (Å²) in [6.45, 7) is 4.83. The van der Waals surface area contributed by atoms with E-state index in [0.29, 0.717) is 17.4 Å². The standard InChI is InChI=1S/C44H80NO7P/c1-6-8-10-12-14-16-18-20-22-23-24-25-27-29-31-33-35-37-44(46)52-43(42-51-53(47,48)50-40-38-45(3,4)5)41-49-39-36-34-32-30-28-26-21-19-17-15-13-11-9-7-2/h14,16,20,22,24-25,29,31,36,39,43H,6-13,15,17-19,21,23,26-28,30,32-35,37-38,40-42H2,1-5H3/p+1/t43-/m1/s1. The molecule has 1 unspecified atom stereocenters. The van der Waals surface area contributed by atoms with E-state index in [1.165, 1.54) is 96.3 Å². The molecule has 0 aromatic heterocycles. The number of phosphoric ester groups is 1. The lowest BCUT2D eigenvalue weighted by Gasteiger charge is -2.24. The third-order valence-electron chi connectivity index (χ3n) is 8.65. The minimum absolute atomic E-state index is 0.0245. The van der Waals surface area contributed by atoms with Gasteiger partial charge in [-0.05, 0) is 63.9 Å². The van der Waals surface area contributed by atoms with Crippen molar-refractivity contribution < 1.29 is 37.3 Å². The van der Waals surface area contributed by atoms with Gasteiger partial charge >= 0.3 is 13.8 Å². The summed E-state index contributed by atoms with van der Waals surface area (Å²) in [5.41, 5.74) is 0. The number of quaternary nitrogens is 1. The van der Waals surface area contributed by atoms with E-state index in [9.17, 15) is 14.3 Å². The van der Waals surface area contributed by atoms with E-state index in [2.05, 4.69) is 62.5 Å². The van der Waals surface area contributed by atoms with Gasteiger partial charge in [-0.15, -0.1) is 0 Å². The fraction of sp³-hybridized carbons (Fsp3) is 0.750. The van der Waals surface area contributed by atoms with Crippen LogP contribution in [-0.4, -0.2) is 69.0 Å². The normalized spacial score (nSPS) is 14.4. The van der Waals surface area contributed by atoms with Crippen LogP contribution in [0.2, 0.25) is 0 Å². The second-order valence-electron chi connectivity index (χ2n) is 15.1. The van der Waals surface area contributed by atoms with Crippen molar-refractivity contribution in [3.8, 4) is 0 Å². The van der Waals surface area contributed by atoms with Crippen LogP contribution < -0.4 is 0 Å². The van der Waals surface area contributed by atoms with Gasteiger partial charge in [0, 0.05) is 6.42 Å². The zero-order valence-electron chi connectivity index (χ0n) is 34.7. The quantitative estimate of drug-likeness (QED) is 0.0167. The van der Waals surface area contributed by atoms with Crippen molar-refractivity contribution in [2.75, 3.05) is 47.5 Å². The van der Waals surface area contributed by atoms with Crippen LogP contribution >= 0.6 is 7.82 Å². The molecule has 1 N–H and O–H groups in total. The Bertz CT molecular complexity index is 1030. The number of allylic oxidation sites excluding steroid dienone is 9. The first-order valence-electron chi connectivity index (χ1n) is 21.1. The molecule has 0 saturated carbocycles. The van der Waals surface area contributed by atoms with E-state index >= 15 is 0 Å². The Morgan fingerprint density at radius 1 is 0.604 bits per heavy atom. The molecule has 0 aromatic rings. The van der Waals surface area contributed by atoms with E-state index in [0.717, 1.165) is 38.5 Å². The van der Waals surface area contributed by atoms with Gasteiger partial charge in [0.15, 0.2) is 6.10 Å². The largest absolute Gasteiger partial charge is 0.498 e. The third-order valence-corrected chi connectivity index (χ3v) is 9.63. The summed E-state index contributed by atoms with van der Waals surface area (Å²) in [5, 5.41) is 0. The van der Waals surface area contributed by atoms with Crippen LogP contribution in [-0.2, 0) is 27.9 Å². The van der Waals surface area contributed by atoms with Gasteiger partial charge in [-0.2, -0.15) is 0 Å². The molecule has 0 heterocycles. The molecule has 0 spiro atoms. The van der Waals surface area contributed by atoms with E-state index in [4.69, 9.17) is 18.5 Å². The first kappa shape index (κ1) is 51.0. The zero-order valence-corrected chi connectivity index (χ0v) is 35.6. The van der Waals surface area contributed by atoms with Crippen molar-refractivity contribution in [1.82, 2.24) is 0 Å². The van der Waals surface area contributed by atoms with Crippen molar-refractivity contribution in [2.45, 2.75) is 168 Å². The van der Waals surface area contributed by atoms with Crippen LogP contribution in [0.15, 0.2) is 60.9 Å². The Morgan fingerprint density at radius 2 is 1.06 bits per heavy atom. The molecule has 0 amide bonds. The van der Waals surface area contributed by atoms with Crippen LogP contribution in [0.25, 0.3) is 0 Å². The van der Waals surface area contributed by atoms with Gasteiger partial charge in [0.05, 0.1) is 34.0 Å². The Morgan fingerprint density at radius 3 is 1.60 bits per heavy atom. The van der Waals surface area contributed by atoms with Crippen LogP contribution in [0.1, 0.15) is 162 Å². The number of phosphoric acid groups is 1. The number of esters is 1. The topological polar surface area (TPSA) is 91.3 Å². The van der Waals surface area contributed by atoms with E-state index in [-0.39, 0.29) is 26.2 Å². The predicted octanol–water partition coefficient (Wildman–Crippen LogP) is 12.5. The Labute approximate surface area is 326 Å². The highest BCUT2D eigenvalue weighted by molar-refractivity contribution is 7.47. The van der Waals surface area contributed by atoms with Gasteiger partial charge in [0.2, 0.25) is 0 Å². The monoisotopic (exact) mass is 767 g/mol. The summed E-state index contributed by atoms with van der Waals surface area (Å²) in [6.07, 6.45) is 46.4. The molecule has 0 aromatic carbocycles. The lowest BCUT2D eigenvalue weighted by atomic mass is 10.0. The Balaban J connectivity index is 4.43. The second-order valence-corrected chi connectivity index (χ2v) is 16.5. The van der Waals surface area contributed by atoms with Gasteiger partial charge in [-0.25, -0.2) is 4.57 Å². The number of carbonyl (C=O) groups is 1. The minimum atomic E-state index is -4.30. The van der Waals surface area contributed by atoms with E-state index < -0.39 is 19.9 Å². The molecular weight excluding hydrogens is 685 g/mol. The van der Waals surface area contributed by atoms with Crippen molar-refractivity contribution in [3.05, 3.63) is 60.9 Å². The summed E-state index contributed by atoms with van der Waals surface area (Å²) in [4.78, 5) is 22.8. The number of unbranched alkanes of at least 4 members (excludes halogenated alkanes) is 16. The lowest BCUT2D eigenvalue weighted by Crippen LogP contribution is -2.37. The molecule has 0 aliphatic heterocycles. The highest BCUT2D eigenvalue weighted by atomic mass is 31.2. The van der Waals surface area contributed by atoms with Gasteiger partial charge in [0.1, 0.15) is 19.8 Å². The number of hydrogen-bond acceptors (Lipinski definition) is 6. The summed E-state index contributed by atoms with van der Waals surface area (Å²) >= 11 is 0. The van der Waals surface area contributed by atoms with E-state index in [1.807, 2.05) is 27.2 Å². The fourth-order valence-corrected chi connectivity index (χ4v) is 6.07. The summed E-state index contributed by atoms with van der Waals surface area (Å²) in [7, 11) is 1.59. The van der Waals surface area contributed by atoms with E-state index in [1.54, 1.807) is 6.26 Å². The maximum absolute atomic E-state index is 12.6. The molecule has 53 heavy (non-hydrogen) atoms. The maximum Gasteiger partial charge on any atom is 0.472 e. The zero-order chi connectivity index (χ0) is 39.1. The molecule has 0 saturated heterocycles. The Hall–Kier alpha value is -1.96. The number of ether oxygens (including phenoxy) is 2. The SMILES string of the molecule is CCCCCC=CCC=CCC=CCC=CCCCC(=O)O[C@H](COC=CCCCCCCCCCCCCCC)COP(=O)(O)OCC[N+](C)(C)C. The first-order valence-corrected chi connectivity index (χ1v) is 22.6. The smallest absolute Gasteiger partial charge is 0.472 e. The molecule has 308 valence electrons. The number of hydrogen-bond donors (Lipinski definition) is 1. The van der Waals surface area contributed by atoms with Crippen LogP contribution in [0.4, 0.5) is 0 Å². The van der Waals surface area contributed by atoms with Gasteiger partial charge in [0.25, 0.3) is 0 Å². The molecule has 0 bridgehead atoms.